The predicted octanol–water partition coefficient (Wildman–Crippen LogP) is 11.9. The summed E-state index contributed by atoms with van der Waals surface area (Å²) in [5, 5.41) is 2.15. The van der Waals surface area contributed by atoms with E-state index in [2.05, 4.69) is 187 Å². The largest absolute Gasteiger partial charge is 0.294 e. The molecular formula is C46H31N3. The lowest BCUT2D eigenvalue weighted by Crippen LogP contribution is -2.00. The third-order valence-corrected chi connectivity index (χ3v) is 9.20. The molecule has 0 atom stereocenters. The van der Waals surface area contributed by atoms with E-state index in [9.17, 15) is 0 Å². The highest BCUT2D eigenvalue weighted by Crippen LogP contribution is 2.40. The van der Waals surface area contributed by atoms with Crippen molar-refractivity contribution in [3.05, 3.63) is 188 Å². The Balaban J connectivity index is 1.35. The molecule has 0 saturated carbocycles. The first-order valence-corrected chi connectivity index (χ1v) is 16.6. The average Bonchev–Trinajstić information content (AvgIpc) is 3.53. The SMILES string of the molecule is c1ccc(-c2ccc(-c3nc(-c4cc(-c5ccccc5)cc(-c5ccccc5)c4)c4c5ccccc5n(-c5ccccc5)c4n3)cc2)cc1. The lowest BCUT2D eigenvalue weighted by atomic mass is 9.94. The molecule has 7 aromatic carbocycles. The molecule has 0 spiro atoms. The standard InChI is InChI=1S/C46H31N3/c1-5-15-32(16-6-1)35-25-27-36(28-26-35)45-47-44(43-41-23-13-14-24-42(41)49(46(43)48-45)40-21-11-4-12-22-40)39-30-37(33-17-7-2-8-18-33)29-38(31-39)34-19-9-3-10-20-34/h1-31H. The Hall–Kier alpha value is -6.58. The van der Waals surface area contributed by atoms with Crippen LogP contribution in [0.1, 0.15) is 0 Å². The number of hydrogen-bond acceptors (Lipinski definition) is 2. The van der Waals surface area contributed by atoms with Crippen LogP contribution in [0, 0.1) is 0 Å². The van der Waals surface area contributed by atoms with Gasteiger partial charge in [0.25, 0.3) is 0 Å². The summed E-state index contributed by atoms with van der Waals surface area (Å²) in [6, 6.07) is 66.2. The van der Waals surface area contributed by atoms with E-state index in [-0.39, 0.29) is 0 Å². The smallest absolute Gasteiger partial charge is 0.162 e. The molecule has 0 aliphatic heterocycles. The summed E-state index contributed by atoms with van der Waals surface area (Å²) >= 11 is 0. The Morgan fingerprint density at radius 1 is 0.347 bits per heavy atom. The molecule has 9 rings (SSSR count). The van der Waals surface area contributed by atoms with Gasteiger partial charge in [-0.1, -0.05) is 152 Å². The second kappa shape index (κ2) is 12.2. The summed E-state index contributed by atoms with van der Waals surface area (Å²) < 4.78 is 2.27. The molecule has 2 heterocycles. The van der Waals surface area contributed by atoms with E-state index in [1.54, 1.807) is 0 Å². The van der Waals surface area contributed by atoms with E-state index in [4.69, 9.17) is 9.97 Å². The van der Waals surface area contributed by atoms with Crippen molar-refractivity contribution >= 4 is 21.9 Å². The zero-order valence-electron chi connectivity index (χ0n) is 26.7. The first-order valence-electron chi connectivity index (χ1n) is 16.6. The molecule has 0 fully saturated rings. The molecule has 0 unspecified atom stereocenters. The van der Waals surface area contributed by atoms with Crippen molar-refractivity contribution in [2.75, 3.05) is 0 Å². The minimum absolute atomic E-state index is 0.688. The second-order valence-electron chi connectivity index (χ2n) is 12.3. The van der Waals surface area contributed by atoms with Crippen LogP contribution in [0.15, 0.2) is 188 Å². The van der Waals surface area contributed by atoms with E-state index < -0.39 is 0 Å². The van der Waals surface area contributed by atoms with Crippen LogP contribution in [0.2, 0.25) is 0 Å². The highest BCUT2D eigenvalue weighted by atomic mass is 15.1. The summed E-state index contributed by atoms with van der Waals surface area (Å²) in [6.45, 7) is 0. The maximum Gasteiger partial charge on any atom is 0.162 e. The van der Waals surface area contributed by atoms with E-state index in [1.807, 2.05) is 6.07 Å². The van der Waals surface area contributed by atoms with E-state index >= 15 is 0 Å². The van der Waals surface area contributed by atoms with Gasteiger partial charge < -0.3 is 0 Å². The molecule has 0 radical (unpaired) electrons. The Bertz CT molecular complexity index is 2500. The number of hydrogen-bond donors (Lipinski definition) is 0. The van der Waals surface area contributed by atoms with Gasteiger partial charge in [-0.3, -0.25) is 4.57 Å². The summed E-state index contributed by atoms with van der Waals surface area (Å²) in [4.78, 5) is 10.8. The predicted molar refractivity (Wildman–Crippen MR) is 204 cm³/mol. The highest BCUT2D eigenvalue weighted by Gasteiger charge is 2.21. The Labute approximate surface area is 285 Å². The van der Waals surface area contributed by atoms with Crippen molar-refractivity contribution in [1.82, 2.24) is 14.5 Å². The molecule has 0 N–H and O–H groups in total. The Morgan fingerprint density at radius 2 is 0.796 bits per heavy atom. The topological polar surface area (TPSA) is 30.7 Å². The average molecular weight is 626 g/mol. The molecule has 0 aliphatic rings. The number of para-hydroxylation sites is 2. The molecule has 9 aromatic rings. The summed E-state index contributed by atoms with van der Waals surface area (Å²) in [5.74, 6) is 0.688. The third-order valence-electron chi connectivity index (χ3n) is 9.20. The van der Waals surface area contributed by atoms with Crippen LogP contribution in [0.5, 0.6) is 0 Å². The van der Waals surface area contributed by atoms with Gasteiger partial charge >= 0.3 is 0 Å². The van der Waals surface area contributed by atoms with Crippen LogP contribution < -0.4 is 0 Å². The molecule has 2 aromatic heterocycles. The van der Waals surface area contributed by atoms with Crippen molar-refractivity contribution in [2.45, 2.75) is 0 Å². The number of benzene rings is 7. The van der Waals surface area contributed by atoms with Crippen molar-refractivity contribution in [1.29, 1.82) is 0 Å². The van der Waals surface area contributed by atoms with Gasteiger partial charge in [0.15, 0.2) is 5.82 Å². The highest BCUT2D eigenvalue weighted by molar-refractivity contribution is 6.14. The maximum atomic E-state index is 5.45. The number of rotatable bonds is 6. The fourth-order valence-electron chi connectivity index (χ4n) is 6.83. The number of nitrogens with zero attached hydrogens (tertiary/aromatic N) is 3. The van der Waals surface area contributed by atoms with Gasteiger partial charge in [0.05, 0.1) is 16.6 Å². The molecular weight excluding hydrogens is 595 g/mol. The van der Waals surface area contributed by atoms with Crippen molar-refractivity contribution in [3.8, 4) is 61.7 Å². The van der Waals surface area contributed by atoms with Gasteiger partial charge in [-0.15, -0.1) is 0 Å². The van der Waals surface area contributed by atoms with E-state index in [0.29, 0.717) is 5.82 Å². The Morgan fingerprint density at radius 3 is 1.39 bits per heavy atom. The first-order chi connectivity index (χ1) is 24.3. The van der Waals surface area contributed by atoms with Crippen LogP contribution in [0.25, 0.3) is 83.6 Å². The molecule has 49 heavy (non-hydrogen) atoms. The third kappa shape index (κ3) is 5.28. The Kier molecular flexibility index (Phi) is 7.14. The van der Waals surface area contributed by atoms with Gasteiger partial charge in [-0.2, -0.15) is 0 Å². The summed E-state index contributed by atoms with van der Waals surface area (Å²) in [7, 11) is 0. The van der Waals surface area contributed by atoms with E-state index in [0.717, 1.165) is 72.3 Å². The van der Waals surface area contributed by atoms with Gasteiger partial charge in [-0.05, 0) is 69.8 Å². The molecule has 3 heteroatoms. The normalized spacial score (nSPS) is 11.3. The maximum absolute atomic E-state index is 5.45. The zero-order chi connectivity index (χ0) is 32.6. The molecule has 0 aliphatic carbocycles. The molecule has 230 valence electrons. The number of aromatic nitrogens is 3. The van der Waals surface area contributed by atoms with Crippen molar-refractivity contribution in [2.24, 2.45) is 0 Å². The zero-order valence-corrected chi connectivity index (χ0v) is 26.7. The van der Waals surface area contributed by atoms with Crippen LogP contribution in [-0.2, 0) is 0 Å². The molecule has 3 nitrogen and oxygen atoms in total. The fourth-order valence-corrected chi connectivity index (χ4v) is 6.83. The minimum Gasteiger partial charge on any atom is -0.294 e. The molecule has 0 saturated heterocycles. The van der Waals surface area contributed by atoms with Crippen LogP contribution in [-0.4, -0.2) is 14.5 Å². The van der Waals surface area contributed by atoms with Gasteiger partial charge in [-0.25, -0.2) is 9.97 Å². The summed E-state index contributed by atoms with van der Waals surface area (Å²) in [5.41, 5.74) is 12.9. The van der Waals surface area contributed by atoms with Crippen LogP contribution >= 0.6 is 0 Å². The first kappa shape index (κ1) is 28.6. The lowest BCUT2D eigenvalue weighted by molar-refractivity contribution is 1.11. The van der Waals surface area contributed by atoms with E-state index in [1.165, 1.54) is 5.56 Å². The number of fused-ring (bicyclic) bond motifs is 3. The van der Waals surface area contributed by atoms with Gasteiger partial charge in [0.1, 0.15) is 5.65 Å². The van der Waals surface area contributed by atoms with Gasteiger partial charge in [0, 0.05) is 22.2 Å². The van der Waals surface area contributed by atoms with Gasteiger partial charge in [0.2, 0.25) is 0 Å². The van der Waals surface area contributed by atoms with Crippen LogP contribution in [0.3, 0.4) is 0 Å². The minimum atomic E-state index is 0.688. The van der Waals surface area contributed by atoms with Crippen molar-refractivity contribution in [3.63, 3.8) is 0 Å². The quantitative estimate of drug-likeness (QED) is 0.184. The van der Waals surface area contributed by atoms with Crippen molar-refractivity contribution < 1.29 is 0 Å². The monoisotopic (exact) mass is 625 g/mol. The second-order valence-corrected chi connectivity index (χ2v) is 12.3. The van der Waals surface area contributed by atoms with Crippen LogP contribution in [0.4, 0.5) is 0 Å². The fraction of sp³-hybridized carbons (Fsp3) is 0. The molecule has 0 bridgehead atoms. The summed E-state index contributed by atoms with van der Waals surface area (Å²) in [6.07, 6.45) is 0. The molecule has 0 amide bonds. The lowest BCUT2D eigenvalue weighted by Gasteiger charge is -2.14.